The molecule has 0 saturated heterocycles. The molecular formula is C24H15BrN4O3S. The Kier molecular flexibility index (Phi) is 4.40. The van der Waals surface area contributed by atoms with Gasteiger partial charge in [0.2, 0.25) is 10.8 Å². The lowest BCUT2D eigenvalue weighted by molar-refractivity contribution is -0.112. The molecule has 0 bridgehead atoms. The molecule has 1 aliphatic rings. The number of para-hydroxylation sites is 1. The number of rotatable bonds is 3. The number of anilines is 1. The van der Waals surface area contributed by atoms with Crippen molar-refractivity contribution in [3.05, 3.63) is 85.6 Å². The van der Waals surface area contributed by atoms with E-state index in [1.54, 1.807) is 11.0 Å². The molecule has 0 aliphatic carbocycles. The van der Waals surface area contributed by atoms with Gasteiger partial charge in [-0.1, -0.05) is 51.5 Å². The summed E-state index contributed by atoms with van der Waals surface area (Å²) in [7, 11) is 0. The smallest absolute Gasteiger partial charge is 0.291 e. The van der Waals surface area contributed by atoms with Gasteiger partial charge in [0.1, 0.15) is 10.1 Å². The van der Waals surface area contributed by atoms with Gasteiger partial charge in [-0.2, -0.15) is 9.50 Å². The average Bonchev–Trinajstić information content (AvgIpc) is 3.51. The first-order chi connectivity index (χ1) is 16.0. The highest BCUT2D eigenvalue weighted by Crippen LogP contribution is 2.37. The molecule has 1 aliphatic heterocycles. The minimum absolute atomic E-state index is 0.238. The van der Waals surface area contributed by atoms with Crippen molar-refractivity contribution in [2.45, 2.75) is 6.92 Å². The molecule has 0 saturated carbocycles. The average molecular weight is 519 g/mol. The largest absolute Gasteiger partial charge is 0.452 e. The summed E-state index contributed by atoms with van der Waals surface area (Å²) in [5.74, 6) is 0.639. The first-order valence-electron chi connectivity index (χ1n) is 10.1. The number of aryl methyl sites for hydroxylation is 1. The van der Waals surface area contributed by atoms with Crippen LogP contribution in [0.15, 0.2) is 68.8 Å². The van der Waals surface area contributed by atoms with E-state index in [4.69, 9.17) is 4.42 Å². The first kappa shape index (κ1) is 20.1. The van der Waals surface area contributed by atoms with Crippen LogP contribution in [0.4, 0.5) is 5.69 Å². The van der Waals surface area contributed by atoms with Gasteiger partial charge in [0, 0.05) is 27.5 Å². The maximum atomic E-state index is 13.3. The van der Waals surface area contributed by atoms with Gasteiger partial charge in [-0.25, -0.2) is 0 Å². The number of nitrogens with zero attached hydrogens (tertiary/aromatic N) is 4. The van der Waals surface area contributed by atoms with Crippen molar-refractivity contribution in [2.75, 3.05) is 11.4 Å². The zero-order valence-electron chi connectivity index (χ0n) is 17.3. The predicted octanol–water partition coefficient (Wildman–Crippen LogP) is 4.09. The maximum Gasteiger partial charge on any atom is 0.291 e. The molecule has 0 radical (unpaired) electrons. The van der Waals surface area contributed by atoms with Crippen molar-refractivity contribution in [3.8, 4) is 11.6 Å². The second-order valence-electron chi connectivity index (χ2n) is 7.66. The Bertz CT molecular complexity index is 1750. The van der Waals surface area contributed by atoms with Crippen LogP contribution < -0.4 is 15.0 Å². The lowest BCUT2D eigenvalue weighted by atomic mass is 10.1. The van der Waals surface area contributed by atoms with E-state index < -0.39 is 0 Å². The zero-order chi connectivity index (χ0) is 22.9. The van der Waals surface area contributed by atoms with Crippen molar-refractivity contribution in [3.63, 3.8) is 0 Å². The van der Waals surface area contributed by atoms with Gasteiger partial charge < -0.3 is 9.32 Å². The number of fused-ring (bicyclic) bond motifs is 3. The van der Waals surface area contributed by atoms with E-state index >= 15 is 0 Å². The van der Waals surface area contributed by atoms with E-state index in [1.807, 2.05) is 49.4 Å². The fraction of sp³-hybridized carbons (Fsp3) is 0.0833. The molecule has 0 spiro atoms. The highest BCUT2D eigenvalue weighted by molar-refractivity contribution is 9.10. The third-order valence-electron chi connectivity index (χ3n) is 5.72. The molecule has 6 rings (SSSR count). The van der Waals surface area contributed by atoms with Gasteiger partial charge in [-0.3, -0.25) is 9.59 Å². The molecule has 9 heteroatoms. The highest BCUT2D eigenvalue weighted by atomic mass is 79.9. The summed E-state index contributed by atoms with van der Waals surface area (Å²) >= 11 is 4.62. The SMILES string of the molecule is C=CCN1C(=O)/C(=c2\sc3nc(-c4oc5ccccc5c4C)nn3c2=O)c2cc(Br)ccc21. The third-order valence-corrected chi connectivity index (χ3v) is 7.24. The van der Waals surface area contributed by atoms with E-state index in [-0.39, 0.29) is 11.5 Å². The molecular weight excluding hydrogens is 504 g/mol. The summed E-state index contributed by atoms with van der Waals surface area (Å²) in [5, 5.41) is 5.41. The first-order valence-corrected chi connectivity index (χ1v) is 11.7. The van der Waals surface area contributed by atoms with Crippen molar-refractivity contribution < 1.29 is 9.21 Å². The van der Waals surface area contributed by atoms with E-state index in [9.17, 15) is 9.59 Å². The Labute approximate surface area is 199 Å². The quantitative estimate of drug-likeness (QED) is 0.336. The number of aromatic nitrogens is 3. The van der Waals surface area contributed by atoms with E-state index in [1.165, 1.54) is 4.52 Å². The molecule has 5 aromatic rings. The van der Waals surface area contributed by atoms with Crippen LogP contribution in [-0.4, -0.2) is 27.0 Å². The minimum Gasteiger partial charge on any atom is -0.452 e. The second-order valence-corrected chi connectivity index (χ2v) is 9.55. The topological polar surface area (TPSA) is 80.7 Å². The van der Waals surface area contributed by atoms with Crippen molar-refractivity contribution in [1.29, 1.82) is 0 Å². The maximum absolute atomic E-state index is 13.3. The number of thiazole rings is 1. The van der Waals surface area contributed by atoms with Gasteiger partial charge in [-0.15, -0.1) is 11.7 Å². The van der Waals surface area contributed by atoms with Gasteiger partial charge in [0.15, 0.2) is 5.76 Å². The van der Waals surface area contributed by atoms with Crippen molar-refractivity contribution in [2.24, 2.45) is 0 Å². The Morgan fingerprint density at radius 3 is 2.79 bits per heavy atom. The zero-order valence-corrected chi connectivity index (χ0v) is 19.7. The molecule has 0 unspecified atom stereocenters. The van der Waals surface area contributed by atoms with E-state index in [2.05, 4.69) is 32.6 Å². The molecule has 33 heavy (non-hydrogen) atoms. The standard InChI is InChI=1S/C24H15BrN4O3S/c1-3-10-28-16-9-8-13(25)11-15(16)18(22(28)30)20-23(31)29-24(33-20)26-21(27-29)19-12(2)14-6-4-5-7-17(14)32-19/h3-9,11H,1,10H2,2H3/b20-18-. The molecule has 2 aromatic carbocycles. The third kappa shape index (κ3) is 2.86. The summed E-state index contributed by atoms with van der Waals surface area (Å²) in [4.78, 5) is 33.2. The second kappa shape index (κ2) is 7.23. The minimum atomic E-state index is -0.378. The normalized spacial score (nSPS) is 15.1. The molecule has 4 heterocycles. The van der Waals surface area contributed by atoms with Crippen LogP contribution in [-0.2, 0) is 4.79 Å². The summed E-state index contributed by atoms with van der Waals surface area (Å²) in [6.07, 6.45) is 1.66. The van der Waals surface area contributed by atoms with E-state index in [0.29, 0.717) is 38.8 Å². The van der Waals surface area contributed by atoms with Crippen LogP contribution in [0.25, 0.3) is 33.1 Å². The summed E-state index contributed by atoms with van der Waals surface area (Å²) in [6.45, 7) is 6.04. The molecule has 1 amide bonds. The van der Waals surface area contributed by atoms with Crippen LogP contribution in [0.2, 0.25) is 0 Å². The summed E-state index contributed by atoms with van der Waals surface area (Å²) in [6, 6.07) is 13.3. The predicted molar refractivity (Wildman–Crippen MR) is 131 cm³/mol. The van der Waals surface area contributed by atoms with Gasteiger partial charge in [0.05, 0.1) is 11.3 Å². The Morgan fingerprint density at radius 1 is 1.21 bits per heavy atom. The number of amides is 1. The van der Waals surface area contributed by atoms with Gasteiger partial charge in [0.25, 0.3) is 11.5 Å². The Balaban J connectivity index is 1.57. The number of benzene rings is 2. The highest BCUT2D eigenvalue weighted by Gasteiger charge is 2.34. The Morgan fingerprint density at radius 2 is 2.03 bits per heavy atom. The van der Waals surface area contributed by atoms with Crippen LogP contribution in [0.3, 0.4) is 0 Å². The number of furan rings is 1. The van der Waals surface area contributed by atoms with Crippen LogP contribution in [0.1, 0.15) is 11.1 Å². The van der Waals surface area contributed by atoms with Crippen LogP contribution in [0, 0.1) is 6.92 Å². The molecule has 0 fully saturated rings. The molecule has 162 valence electrons. The van der Waals surface area contributed by atoms with Crippen LogP contribution in [0.5, 0.6) is 0 Å². The lowest BCUT2D eigenvalue weighted by Crippen LogP contribution is -2.32. The molecule has 7 nitrogen and oxygen atoms in total. The molecule has 0 atom stereocenters. The number of halogens is 1. The number of carbonyl (C=O) groups is 1. The lowest BCUT2D eigenvalue weighted by Gasteiger charge is -2.14. The number of carbonyl (C=O) groups excluding carboxylic acids is 1. The molecule has 0 N–H and O–H groups in total. The van der Waals surface area contributed by atoms with Crippen molar-refractivity contribution >= 4 is 60.4 Å². The summed E-state index contributed by atoms with van der Waals surface area (Å²) in [5.41, 5.74) is 3.08. The van der Waals surface area contributed by atoms with Crippen molar-refractivity contribution in [1.82, 2.24) is 14.6 Å². The van der Waals surface area contributed by atoms with E-state index in [0.717, 1.165) is 38.0 Å². The molecule has 3 aromatic heterocycles. The monoisotopic (exact) mass is 518 g/mol. The summed E-state index contributed by atoms with van der Waals surface area (Å²) < 4.78 is 8.34. The Hall–Kier alpha value is -3.56. The van der Waals surface area contributed by atoms with Gasteiger partial charge >= 0.3 is 0 Å². The fourth-order valence-electron chi connectivity index (χ4n) is 4.20. The van der Waals surface area contributed by atoms with Gasteiger partial charge in [-0.05, 0) is 31.2 Å². The number of hydrogen-bond donors (Lipinski definition) is 0. The fourth-order valence-corrected chi connectivity index (χ4v) is 5.56. The van der Waals surface area contributed by atoms with Crippen LogP contribution >= 0.6 is 27.3 Å². The number of hydrogen-bond acceptors (Lipinski definition) is 6.